The Bertz CT molecular complexity index is 1550. The van der Waals surface area contributed by atoms with Crippen LogP contribution in [-0.2, 0) is 4.79 Å². The Morgan fingerprint density at radius 1 is 1.09 bits per heavy atom. The minimum atomic E-state index is -0.939. The van der Waals surface area contributed by atoms with Gasteiger partial charge in [0.1, 0.15) is 11.3 Å². The number of aliphatic hydroxyl groups excluding tert-OH is 1. The number of rotatable bonds is 5. The number of ether oxygens (including phenoxy) is 1. The summed E-state index contributed by atoms with van der Waals surface area (Å²) in [5.41, 5.74) is 1.74. The van der Waals surface area contributed by atoms with Crippen LogP contribution in [0.25, 0.3) is 11.0 Å². The lowest BCUT2D eigenvalue weighted by Crippen LogP contribution is -2.31. The van der Waals surface area contributed by atoms with Crippen LogP contribution in [0.1, 0.15) is 27.7 Å². The van der Waals surface area contributed by atoms with E-state index in [2.05, 4.69) is 0 Å². The second-order valence-electron chi connectivity index (χ2n) is 7.89. The second-order valence-corrected chi connectivity index (χ2v) is 8.33. The molecule has 5 rings (SSSR count). The number of hydrogen-bond acceptors (Lipinski definition) is 6. The van der Waals surface area contributed by atoms with E-state index < -0.39 is 23.5 Å². The molecule has 1 aromatic heterocycles. The second kappa shape index (κ2) is 8.67. The maximum absolute atomic E-state index is 13.7. The predicted molar refractivity (Wildman–Crippen MR) is 130 cm³/mol. The number of furan rings is 1. The Balaban J connectivity index is 1.64. The maximum Gasteiger partial charge on any atom is 0.294 e. The fourth-order valence-electron chi connectivity index (χ4n) is 4.16. The summed E-state index contributed by atoms with van der Waals surface area (Å²) in [6.45, 7) is 0. The third-order valence-corrected chi connectivity index (χ3v) is 6.10. The average Bonchev–Trinajstić information content (AvgIpc) is 3.42. The van der Waals surface area contributed by atoms with Crippen molar-refractivity contribution < 1.29 is 23.8 Å². The third-order valence-electron chi connectivity index (χ3n) is 5.86. The number of ketones is 1. The van der Waals surface area contributed by atoms with Gasteiger partial charge in [0.15, 0.2) is 11.5 Å². The third kappa shape index (κ3) is 3.80. The smallest absolute Gasteiger partial charge is 0.294 e. The van der Waals surface area contributed by atoms with Crippen LogP contribution in [0.3, 0.4) is 0 Å². The standard InChI is InChI=1S/C27H17ClN2O5/c1-34-20-9-4-16(5-10-20)24-23(25(31)22-13-17-12-18(28)6-11-21(17)35-22)26(32)27(33)30(24)19-7-2-15(14-29)3-8-19/h2-13,24,32H,1H3. The number of halogens is 1. The van der Waals surface area contributed by atoms with E-state index in [1.165, 1.54) is 18.1 Å². The minimum absolute atomic E-state index is 0.0307. The zero-order valence-electron chi connectivity index (χ0n) is 18.4. The molecule has 3 aromatic carbocycles. The highest BCUT2D eigenvalue weighted by Gasteiger charge is 2.45. The zero-order chi connectivity index (χ0) is 24.7. The Kier molecular flexibility index (Phi) is 5.51. The normalized spacial score (nSPS) is 15.5. The van der Waals surface area contributed by atoms with Gasteiger partial charge in [-0.15, -0.1) is 0 Å². The number of carbonyl (C=O) groups excluding carboxylic acids is 2. The minimum Gasteiger partial charge on any atom is -0.503 e. The number of amides is 1. The number of anilines is 1. The summed E-state index contributed by atoms with van der Waals surface area (Å²) < 4.78 is 11.0. The number of fused-ring (bicyclic) bond motifs is 1. The lowest BCUT2D eigenvalue weighted by Gasteiger charge is -2.27. The molecule has 7 nitrogen and oxygen atoms in total. The molecule has 4 aromatic rings. The highest BCUT2D eigenvalue weighted by molar-refractivity contribution is 6.31. The first kappa shape index (κ1) is 22.3. The number of hydrogen-bond donors (Lipinski definition) is 1. The summed E-state index contributed by atoms with van der Waals surface area (Å²) in [5.74, 6) is -1.47. The number of aliphatic hydroxyl groups is 1. The van der Waals surface area contributed by atoms with E-state index in [9.17, 15) is 14.7 Å². The highest BCUT2D eigenvalue weighted by atomic mass is 35.5. The van der Waals surface area contributed by atoms with E-state index in [1.54, 1.807) is 66.7 Å². The molecule has 2 heterocycles. The molecule has 0 spiro atoms. The van der Waals surface area contributed by atoms with E-state index in [0.717, 1.165) is 0 Å². The van der Waals surface area contributed by atoms with Gasteiger partial charge < -0.3 is 14.3 Å². The van der Waals surface area contributed by atoms with Gasteiger partial charge in [0.2, 0.25) is 5.78 Å². The van der Waals surface area contributed by atoms with Crippen LogP contribution < -0.4 is 9.64 Å². The van der Waals surface area contributed by atoms with Gasteiger partial charge in [-0.05, 0) is 66.2 Å². The molecule has 1 unspecified atom stereocenters. The lowest BCUT2D eigenvalue weighted by atomic mass is 9.94. The molecule has 8 heteroatoms. The van der Waals surface area contributed by atoms with Gasteiger partial charge in [0, 0.05) is 16.1 Å². The van der Waals surface area contributed by atoms with Crippen LogP contribution in [0.5, 0.6) is 5.75 Å². The molecule has 0 radical (unpaired) electrons. The summed E-state index contributed by atoms with van der Waals surface area (Å²) in [6, 6.07) is 20.7. The van der Waals surface area contributed by atoms with E-state index in [0.29, 0.717) is 38.6 Å². The SMILES string of the molecule is COc1ccc(C2C(C(=O)c3cc4cc(Cl)ccc4o3)=C(O)C(=O)N2c2ccc(C#N)cc2)cc1. The average molecular weight is 485 g/mol. The van der Waals surface area contributed by atoms with Crippen LogP contribution in [0.15, 0.2) is 88.5 Å². The fraction of sp³-hybridized carbons (Fsp3) is 0.0741. The number of nitrogens with zero attached hydrogens (tertiary/aromatic N) is 2. The van der Waals surface area contributed by atoms with Crippen molar-refractivity contribution in [2.24, 2.45) is 0 Å². The first-order chi connectivity index (χ1) is 16.9. The molecule has 1 N–H and O–H groups in total. The first-order valence-electron chi connectivity index (χ1n) is 10.6. The van der Waals surface area contributed by atoms with Gasteiger partial charge in [0.05, 0.1) is 30.4 Å². The van der Waals surface area contributed by atoms with Crippen LogP contribution >= 0.6 is 11.6 Å². The van der Waals surface area contributed by atoms with Crippen LogP contribution in [0.4, 0.5) is 5.69 Å². The van der Waals surface area contributed by atoms with Gasteiger partial charge in [0.25, 0.3) is 5.91 Å². The van der Waals surface area contributed by atoms with Crippen molar-refractivity contribution in [2.75, 3.05) is 12.0 Å². The molecule has 0 fully saturated rings. The van der Waals surface area contributed by atoms with E-state index >= 15 is 0 Å². The predicted octanol–water partition coefficient (Wildman–Crippen LogP) is 5.75. The molecule has 0 aliphatic carbocycles. The van der Waals surface area contributed by atoms with Crippen molar-refractivity contribution in [1.29, 1.82) is 5.26 Å². The van der Waals surface area contributed by atoms with E-state index in [-0.39, 0.29) is 11.3 Å². The van der Waals surface area contributed by atoms with Gasteiger partial charge in [-0.2, -0.15) is 5.26 Å². The van der Waals surface area contributed by atoms with Crippen molar-refractivity contribution in [3.05, 3.63) is 106 Å². The zero-order valence-corrected chi connectivity index (χ0v) is 19.1. The monoisotopic (exact) mass is 484 g/mol. The van der Waals surface area contributed by atoms with Gasteiger partial charge in [-0.3, -0.25) is 14.5 Å². The van der Waals surface area contributed by atoms with E-state index in [4.69, 9.17) is 26.0 Å². The highest BCUT2D eigenvalue weighted by Crippen LogP contribution is 2.42. The summed E-state index contributed by atoms with van der Waals surface area (Å²) in [7, 11) is 1.53. The van der Waals surface area contributed by atoms with Crippen molar-refractivity contribution in [3.8, 4) is 11.8 Å². The molecule has 1 atom stereocenters. The lowest BCUT2D eigenvalue weighted by molar-refractivity contribution is -0.117. The van der Waals surface area contributed by atoms with Crippen LogP contribution in [-0.4, -0.2) is 23.9 Å². The summed E-state index contributed by atoms with van der Waals surface area (Å²) in [6.07, 6.45) is 0. The molecule has 1 aliphatic rings. The van der Waals surface area contributed by atoms with Gasteiger partial charge in [-0.25, -0.2) is 0 Å². The van der Waals surface area contributed by atoms with Crippen molar-refractivity contribution in [3.63, 3.8) is 0 Å². The topological polar surface area (TPSA) is 104 Å². The van der Waals surface area contributed by atoms with Gasteiger partial charge in [-0.1, -0.05) is 23.7 Å². The molecule has 1 aliphatic heterocycles. The molecule has 0 saturated heterocycles. The Labute approximate surface area is 205 Å². The Hall–Kier alpha value is -4.54. The Morgan fingerprint density at radius 3 is 2.46 bits per heavy atom. The van der Waals surface area contributed by atoms with Crippen molar-refractivity contribution in [1.82, 2.24) is 0 Å². The number of nitriles is 1. The summed E-state index contributed by atoms with van der Waals surface area (Å²) >= 11 is 6.06. The number of benzene rings is 3. The summed E-state index contributed by atoms with van der Waals surface area (Å²) in [4.78, 5) is 28.2. The van der Waals surface area contributed by atoms with Crippen molar-refractivity contribution >= 4 is 39.9 Å². The number of carbonyl (C=O) groups is 2. The molecule has 0 bridgehead atoms. The van der Waals surface area contributed by atoms with E-state index in [1.807, 2.05) is 6.07 Å². The number of Topliss-reactive ketones (excluding diaryl/α,β-unsaturated/α-hetero) is 1. The molecule has 35 heavy (non-hydrogen) atoms. The Morgan fingerprint density at radius 2 is 1.80 bits per heavy atom. The maximum atomic E-state index is 13.7. The van der Waals surface area contributed by atoms with Gasteiger partial charge >= 0.3 is 0 Å². The molecular formula is C27H17ClN2O5. The molecule has 0 saturated carbocycles. The van der Waals surface area contributed by atoms with Crippen LogP contribution in [0.2, 0.25) is 5.02 Å². The number of methoxy groups -OCH3 is 1. The van der Waals surface area contributed by atoms with Crippen molar-refractivity contribution in [2.45, 2.75) is 6.04 Å². The fourth-order valence-corrected chi connectivity index (χ4v) is 4.34. The largest absolute Gasteiger partial charge is 0.503 e. The van der Waals surface area contributed by atoms with Crippen LogP contribution in [0, 0.1) is 11.3 Å². The first-order valence-corrected chi connectivity index (χ1v) is 10.9. The molecule has 172 valence electrons. The quantitative estimate of drug-likeness (QED) is 0.362. The summed E-state index contributed by atoms with van der Waals surface area (Å²) in [5, 5.41) is 21.1. The molecular weight excluding hydrogens is 468 g/mol. The molecule has 1 amide bonds.